The predicted octanol–water partition coefficient (Wildman–Crippen LogP) is 6.24. The number of aryl methyl sites for hydroxylation is 1. The monoisotopic (exact) mass is 375 g/mol. The van der Waals surface area contributed by atoms with Gasteiger partial charge >= 0.3 is 0 Å². The molecule has 1 aromatic heterocycles. The first kappa shape index (κ1) is 17.4. The van der Waals surface area contributed by atoms with Gasteiger partial charge in [0, 0.05) is 22.5 Å². The molecule has 1 heterocycles. The highest BCUT2D eigenvalue weighted by atomic mass is 35.5. The minimum Gasteiger partial charge on any atom is -0.450 e. The van der Waals surface area contributed by atoms with Crippen LogP contribution in [0.1, 0.15) is 27.2 Å². The second-order valence-corrected chi connectivity index (χ2v) is 6.85. The maximum Gasteiger partial charge on any atom is 0.230 e. The summed E-state index contributed by atoms with van der Waals surface area (Å²) >= 11 is 5.94. The van der Waals surface area contributed by atoms with Crippen LogP contribution in [-0.2, 0) is 6.54 Å². The third-order valence-corrected chi connectivity index (χ3v) is 4.88. The molecule has 3 aromatic carbocycles. The van der Waals surface area contributed by atoms with Crippen molar-refractivity contribution in [2.75, 3.05) is 5.32 Å². The van der Waals surface area contributed by atoms with Gasteiger partial charge < -0.3 is 9.73 Å². The quantitative estimate of drug-likeness (QED) is 0.420. The van der Waals surface area contributed by atoms with Gasteiger partial charge in [0.25, 0.3) is 0 Å². The first-order valence-electron chi connectivity index (χ1n) is 8.73. The number of hydrogen-bond acceptors (Lipinski definition) is 3. The first-order chi connectivity index (χ1) is 13.1. The molecule has 4 heteroatoms. The Kier molecular flexibility index (Phi) is 4.69. The molecule has 134 valence electrons. The van der Waals surface area contributed by atoms with Gasteiger partial charge in [-0.3, -0.25) is 4.79 Å². The number of carbonyl (C=O) groups excluding carboxylic acids is 1. The van der Waals surface area contributed by atoms with Crippen LogP contribution in [0.25, 0.3) is 11.0 Å². The van der Waals surface area contributed by atoms with Crippen LogP contribution in [0.2, 0.25) is 5.02 Å². The number of nitrogens with one attached hydrogen (secondary N) is 1. The Labute approximate surface area is 162 Å². The van der Waals surface area contributed by atoms with E-state index < -0.39 is 0 Å². The number of para-hydroxylation sites is 1. The molecule has 0 aliphatic heterocycles. The summed E-state index contributed by atoms with van der Waals surface area (Å²) in [6.45, 7) is 2.68. The molecule has 4 rings (SSSR count). The summed E-state index contributed by atoms with van der Waals surface area (Å²) in [5.41, 5.74) is 4.31. The van der Waals surface area contributed by atoms with E-state index in [1.165, 1.54) is 11.1 Å². The zero-order valence-corrected chi connectivity index (χ0v) is 15.6. The van der Waals surface area contributed by atoms with Gasteiger partial charge in [-0.2, -0.15) is 0 Å². The van der Waals surface area contributed by atoms with Crippen molar-refractivity contribution in [1.29, 1.82) is 0 Å². The molecule has 0 amide bonds. The highest BCUT2D eigenvalue weighted by Gasteiger charge is 2.21. The first-order valence-corrected chi connectivity index (χ1v) is 9.11. The molecule has 0 saturated carbocycles. The van der Waals surface area contributed by atoms with Crippen LogP contribution in [0.15, 0.2) is 77.2 Å². The van der Waals surface area contributed by atoms with Crippen LogP contribution in [-0.4, -0.2) is 5.78 Å². The van der Waals surface area contributed by atoms with E-state index in [2.05, 4.69) is 24.4 Å². The second-order valence-electron chi connectivity index (χ2n) is 6.42. The fraction of sp³-hybridized carbons (Fsp3) is 0.0870. The van der Waals surface area contributed by atoms with Crippen molar-refractivity contribution < 1.29 is 9.21 Å². The molecular weight excluding hydrogens is 358 g/mol. The molecule has 4 aromatic rings. The molecule has 0 unspecified atom stereocenters. The van der Waals surface area contributed by atoms with Crippen LogP contribution in [0, 0.1) is 6.92 Å². The van der Waals surface area contributed by atoms with E-state index in [1.807, 2.05) is 36.4 Å². The number of benzene rings is 3. The van der Waals surface area contributed by atoms with Crippen LogP contribution < -0.4 is 5.32 Å². The Bertz CT molecular complexity index is 1110. The topological polar surface area (TPSA) is 42.2 Å². The number of halogens is 1. The largest absolute Gasteiger partial charge is 0.450 e. The van der Waals surface area contributed by atoms with Crippen molar-refractivity contribution in [1.82, 2.24) is 0 Å². The zero-order chi connectivity index (χ0) is 18.8. The average molecular weight is 376 g/mol. The highest BCUT2D eigenvalue weighted by Crippen LogP contribution is 2.33. The van der Waals surface area contributed by atoms with Crippen molar-refractivity contribution in [3.05, 3.63) is 100 Å². The lowest BCUT2D eigenvalue weighted by atomic mass is 10.1. The van der Waals surface area contributed by atoms with Crippen LogP contribution >= 0.6 is 11.6 Å². The lowest BCUT2D eigenvalue weighted by molar-refractivity contribution is 0.101. The van der Waals surface area contributed by atoms with Gasteiger partial charge in [-0.05, 0) is 54.4 Å². The van der Waals surface area contributed by atoms with Crippen molar-refractivity contribution in [3.8, 4) is 0 Å². The summed E-state index contributed by atoms with van der Waals surface area (Å²) in [5, 5.41) is 4.90. The van der Waals surface area contributed by atoms with Gasteiger partial charge in [0.05, 0.1) is 5.69 Å². The summed E-state index contributed by atoms with van der Waals surface area (Å²) < 4.78 is 5.92. The Balaban J connectivity index is 1.74. The molecule has 0 aliphatic carbocycles. The van der Waals surface area contributed by atoms with Gasteiger partial charge in [-0.1, -0.05) is 48.0 Å². The van der Waals surface area contributed by atoms with Crippen molar-refractivity contribution in [3.63, 3.8) is 0 Å². The van der Waals surface area contributed by atoms with E-state index in [0.29, 0.717) is 34.2 Å². The Morgan fingerprint density at radius 2 is 1.67 bits per heavy atom. The van der Waals surface area contributed by atoms with E-state index in [4.69, 9.17) is 16.0 Å². The predicted molar refractivity (Wildman–Crippen MR) is 110 cm³/mol. The molecule has 0 atom stereocenters. The number of fused-ring (bicyclic) bond motifs is 1. The summed E-state index contributed by atoms with van der Waals surface area (Å²) in [6, 6.07) is 22.7. The van der Waals surface area contributed by atoms with Crippen molar-refractivity contribution >= 4 is 34.0 Å². The fourth-order valence-corrected chi connectivity index (χ4v) is 3.23. The Morgan fingerprint density at radius 3 is 2.44 bits per heavy atom. The van der Waals surface area contributed by atoms with E-state index >= 15 is 0 Å². The van der Waals surface area contributed by atoms with Crippen molar-refractivity contribution in [2.24, 2.45) is 0 Å². The van der Waals surface area contributed by atoms with Gasteiger partial charge in [-0.15, -0.1) is 0 Å². The second kappa shape index (κ2) is 7.29. The number of furan rings is 1. The molecule has 0 bridgehead atoms. The summed E-state index contributed by atoms with van der Waals surface area (Å²) in [4.78, 5) is 13.0. The van der Waals surface area contributed by atoms with Gasteiger partial charge in [0.15, 0.2) is 5.76 Å². The molecule has 0 spiro atoms. The fourth-order valence-electron chi connectivity index (χ4n) is 3.11. The lowest BCUT2D eigenvalue weighted by Gasteiger charge is -2.09. The average Bonchev–Trinajstić information content (AvgIpc) is 3.06. The number of carbonyl (C=O) groups is 1. The minimum atomic E-state index is -0.171. The molecule has 27 heavy (non-hydrogen) atoms. The van der Waals surface area contributed by atoms with E-state index in [0.717, 1.165) is 5.39 Å². The van der Waals surface area contributed by atoms with E-state index in [-0.39, 0.29) is 5.78 Å². The lowest BCUT2D eigenvalue weighted by Crippen LogP contribution is -2.07. The molecule has 0 aliphatic rings. The third kappa shape index (κ3) is 3.46. The normalized spacial score (nSPS) is 10.9. The molecule has 1 N–H and O–H groups in total. The maximum absolute atomic E-state index is 13.0. The van der Waals surface area contributed by atoms with Crippen LogP contribution in [0.3, 0.4) is 0 Å². The summed E-state index contributed by atoms with van der Waals surface area (Å²) in [7, 11) is 0. The number of anilines is 1. The summed E-state index contributed by atoms with van der Waals surface area (Å²) in [6.07, 6.45) is 0. The standard InChI is InChI=1S/C23H18ClNO2/c1-15-6-2-3-7-17(15)14-25-21-19-8-4-5-9-20(19)27-23(21)22(26)16-10-12-18(24)13-11-16/h2-13,25H,14H2,1H3. The van der Waals surface area contributed by atoms with E-state index in [9.17, 15) is 4.79 Å². The number of rotatable bonds is 5. The van der Waals surface area contributed by atoms with Gasteiger partial charge in [0.1, 0.15) is 5.58 Å². The molecule has 0 saturated heterocycles. The van der Waals surface area contributed by atoms with Gasteiger partial charge in [-0.25, -0.2) is 0 Å². The highest BCUT2D eigenvalue weighted by molar-refractivity contribution is 6.30. The molecule has 0 fully saturated rings. The van der Waals surface area contributed by atoms with Crippen LogP contribution in [0.4, 0.5) is 5.69 Å². The summed E-state index contributed by atoms with van der Waals surface area (Å²) in [5.74, 6) is 0.141. The smallest absolute Gasteiger partial charge is 0.230 e. The van der Waals surface area contributed by atoms with Crippen LogP contribution in [0.5, 0.6) is 0 Å². The maximum atomic E-state index is 13.0. The van der Waals surface area contributed by atoms with E-state index in [1.54, 1.807) is 24.3 Å². The zero-order valence-electron chi connectivity index (χ0n) is 14.8. The number of ketones is 1. The molecular formula is C23H18ClNO2. The number of hydrogen-bond donors (Lipinski definition) is 1. The minimum absolute atomic E-state index is 0.171. The molecule has 3 nitrogen and oxygen atoms in total. The van der Waals surface area contributed by atoms with Crippen molar-refractivity contribution in [2.45, 2.75) is 13.5 Å². The SMILES string of the molecule is Cc1ccccc1CNc1c(C(=O)c2ccc(Cl)cc2)oc2ccccc12. The molecule has 0 radical (unpaired) electrons. The Hall–Kier alpha value is -3.04. The van der Waals surface area contributed by atoms with Gasteiger partial charge in [0.2, 0.25) is 5.78 Å². The Morgan fingerprint density at radius 1 is 0.963 bits per heavy atom. The third-order valence-electron chi connectivity index (χ3n) is 4.62.